The van der Waals surface area contributed by atoms with Crippen LogP contribution in [-0.4, -0.2) is 9.97 Å². The first-order valence-electron chi connectivity index (χ1n) is 7.07. The lowest BCUT2D eigenvalue weighted by atomic mass is 10.1. The second kappa shape index (κ2) is 7.01. The molecule has 1 aromatic carbocycles. The molecule has 0 radical (unpaired) electrons. The van der Waals surface area contributed by atoms with Crippen molar-refractivity contribution >= 4 is 22.9 Å². The minimum Gasteiger partial charge on any atom is -0.305 e. The molecule has 0 aliphatic heterocycles. The first-order chi connectivity index (χ1) is 10.7. The van der Waals surface area contributed by atoms with Crippen LogP contribution in [0.15, 0.2) is 54.0 Å². The number of hydrogen-bond acceptors (Lipinski definition) is 4. The van der Waals surface area contributed by atoms with Crippen molar-refractivity contribution in [3.63, 3.8) is 0 Å². The van der Waals surface area contributed by atoms with Crippen LogP contribution in [0.1, 0.15) is 24.2 Å². The van der Waals surface area contributed by atoms with Gasteiger partial charge < -0.3 is 5.32 Å². The Hall–Kier alpha value is -1.75. The fourth-order valence-corrected chi connectivity index (χ4v) is 3.04. The van der Waals surface area contributed by atoms with Gasteiger partial charge in [-0.05, 0) is 36.8 Å². The molecule has 0 amide bonds. The summed E-state index contributed by atoms with van der Waals surface area (Å²) in [7, 11) is 0. The Morgan fingerprint density at radius 1 is 1.18 bits per heavy atom. The third-order valence-electron chi connectivity index (χ3n) is 3.40. The van der Waals surface area contributed by atoms with E-state index in [2.05, 4.69) is 27.6 Å². The Balaban J connectivity index is 1.62. The van der Waals surface area contributed by atoms with Gasteiger partial charge >= 0.3 is 0 Å². The highest BCUT2D eigenvalue weighted by atomic mass is 35.5. The number of hydrogen-bond donors (Lipinski definition) is 1. The van der Waals surface area contributed by atoms with E-state index in [1.807, 2.05) is 42.5 Å². The number of rotatable bonds is 5. The second-order valence-corrected chi connectivity index (χ2v) is 6.31. The van der Waals surface area contributed by atoms with Crippen LogP contribution in [0.3, 0.4) is 0 Å². The van der Waals surface area contributed by atoms with Crippen LogP contribution in [-0.2, 0) is 6.54 Å². The molecule has 3 nitrogen and oxygen atoms in total. The number of nitrogens with zero attached hydrogens (tertiary/aromatic N) is 2. The largest absolute Gasteiger partial charge is 0.305 e. The average molecular weight is 330 g/mol. The standard InChI is InChI=1S/C17H16ClN3S/c1-12(13-5-7-14(18)8-6-13)20-10-15-11-22-17(21-15)16-4-2-3-9-19-16/h2-9,11-12,20H,10H2,1H3/t12-/m0/s1. The van der Waals surface area contributed by atoms with E-state index in [-0.39, 0.29) is 6.04 Å². The van der Waals surface area contributed by atoms with Crippen molar-refractivity contribution in [2.75, 3.05) is 0 Å². The molecule has 22 heavy (non-hydrogen) atoms. The average Bonchev–Trinajstić information content (AvgIpc) is 3.03. The van der Waals surface area contributed by atoms with Gasteiger partial charge in [-0.3, -0.25) is 4.98 Å². The Bertz CT molecular complexity index is 725. The molecule has 0 fully saturated rings. The minimum atomic E-state index is 0.247. The highest BCUT2D eigenvalue weighted by molar-refractivity contribution is 7.13. The number of aromatic nitrogens is 2. The fourth-order valence-electron chi connectivity index (χ4n) is 2.12. The summed E-state index contributed by atoms with van der Waals surface area (Å²) in [6, 6.07) is 14.0. The van der Waals surface area contributed by atoms with Gasteiger partial charge in [0.15, 0.2) is 0 Å². The van der Waals surface area contributed by atoms with E-state index in [0.29, 0.717) is 0 Å². The summed E-state index contributed by atoms with van der Waals surface area (Å²) < 4.78 is 0. The molecular weight excluding hydrogens is 314 g/mol. The summed E-state index contributed by atoms with van der Waals surface area (Å²) in [5, 5.41) is 7.27. The van der Waals surface area contributed by atoms with E-state index in [1.165, 1.54) is 5.56 Å². The van der Waals surface area contributed by atoms with Crippen LogP contribution in [0, 0.1) is 0 Å². The fraction of sp³-hybridized carbons (Fsp3) is 0.176. The Kier molecular flexibility index (Phi) is 4.83. The Morgan fingerprint density at radius 2 is 2.00 bits per heavy atom. The third-order valence-corrected chi connectivity index (χ3v) is 4.56. The molecule has 0 bridgehead atoms. The van der Waals surface area contributed by atoms with Crippen LogP contribution in [0.2, 0.25) is 5.02 Å². The van der Waals surface area contributed by atoms with Gasteiger partial charge in [0.05, 0.1) is 11.4 Å². The molecule has 2 aromatic heterocycles. The highest BCUT2D eigenvalue weighted by Gasteiger charge is 2.08. The molecule has 0 unspecified atom stereocenters. The molecule has 3 rings (SSSR count). The molecule has 5 heteroatoms. The van der Waals surface area contributed by atoms with E-state index in [1.54, 1.807) is 17.5 Å². The maximum absolute atomic E-state index is 5.92. The molecule has 0 saturated heterocycles. The lowest BCUT2D eigenvalue weighted by molar-refractivity contribution is 0.569. The van der Waals surface area contributed by atoms with Gasteiger partial charge in [0.25, 0.3) is 0 Å². The zero-order valence-corrected chi connectivity index (χ0v) is 13.7. The molecular formula is C17H16ClN3S. The predicted octanol–water partition coefficient (Wildman–Crippen LogP) is 4.71. The zero-order chi connectivity index (χ0) is 15.4. The number of benzene rings is 1. The van der Waals surface area contributed by atoms with Crippen molar-refractivity contribution in [3.8, 4) is 10.7 Å². The van der Waals surface area contributed by atoms with Crippen molar-refractivity contribution in [2.45, 2.75) is 19.5 Å². The van der Waals surface area contributed by atoms with Crippen molar-refractivity contribution in [2.24, 2.45) is 0 Å². The smallest absolute Gasteiger partial charge is 0.142 e. The molecule has 3 aromatic rings. The monoisotopic (exact) mass is 329 g/mol. The molecule has 0 saturated carbocycles. The Labute approximate surface area is 139 Å². The van der Waals surface area contributed by atoms with Crippen LogP contribution < -0.4 is 5.32 Å². The van der Waals surface area contributed by atoms with Crippen molar-refractivity contribution in [1.82, 2.24) is 15.3 Å². The van der Waals surface area contributed by atoms with Crippen molar-refractivity contribution in [3.05, 3.63) is 70.3 Å². The summed E-state index contributed by atoms with van der Waals surface area (Å²) in [6.45, 7) is 2.86. The van der Waals surface area contributed by atoms with Gasteiger partial charge in [-0.25, -0.2) is 4.98 Å². The highest BCUT2D eigenvalue weighted by Crippen LogP contribution is 2.22. The topological polar surface area (TPSA) is 37.8 Å². The van der Waals surface area contributed by atoms with Gasteiger partial charge in [0, 0.05) is 29.2 Å². The van der Waals surface area contributed by atoms with Crippen LogP contribution in [0.4, 0.5) is 0 Å². The van der Waals surface area contributed by atoms with Crippen LogP contribution in [0.25, 0.3) is 10.7 Å². The predicted molar refractivity (Wildman–Crippen MR) is 92.1 cm³/mol. The van der Waals surface area contributed by atoms with E-state index < -0.39 is 0 Å². The molecule has 0 aliphatic carbocycles. The van der Waals surface area contributed by atoms with E-state index in [0.717, 1.165) is 28.0 Å². The van der Waals surface area contributed by atoms with E-state index >= 15 is 0 Å². The quantitative estimate of drug-likeness (QED) is 0.736. The molecule has 112 valence electrons. The number of halogens is 1. The third kappa shape index (κ3) is 3.71. The summed E-state index contributed by atoms with van der Waals surface area (Å²) >= 11 is 7.54. The number of thiazole rings is 1. The van der Waals surface area contributed by atoms with Gasteiger partial charge in [-0.2, -0.15) is 0 Å². The van der Waals surface area contributed by atoms with Gasteiger partial charge in [0.1, 0.15) is 5.01 Å². The van der Waals surface area contributed by atoms with Crippen molar-refractivity contribution < 1.29 is 0 Å². The maximum atomic E-state index is 5.92. The summed E-state index contributed by atoms with van der Waals surface area (Å²) in [5.74, 6) is 0. The number of nitrogens with one attached hydrogen (secondary N) is 1. The molecule has 0 spiro atoms. The lowest BCUT2D eigenvalue weighted by Gasteiger charge is -2.13. The number of pyridine rings is 1. The second-order valence-electron chi connectivity index (χ2n) is 5.01. The molecule has 1 N–H and O–H groups in total. The van der Waals surface area contributed by atoms with Gasteiger partial charge in [-0.15, -0.1) is 11.3 Å². The zero-order valence-electron chi connectivity index (χ0n) is 12.2. The maximum Gasteiger partial charge on any atom is 0.142 e. The first kappa shape index (κ1) is 15.2. The lowest BCUT2D eigenvalue weighted by Crippen LogP contribution is -2.18. The first-order valence-corrected chi connectivity index (χ1v) is 8.33. The summed E-state index contributed by atoms with van der Waals surface area (Å²) in [5.41, 5.74) is 3.17. The summed E-state index contributed by atoms with van der Waals surface area (Å²) in [4.78, 5) is 8.96. The van der Waals surface area contributed by atoms with Gasteiger partial charge in [0.2, 0.25) is 0 Å². The summed E-state index contributed by atoms with van der Waals surface area (Å²) in [6.07, 6.45) is 1.79. The van der Waals surface area contributed by atoms with E-state index in [4.69, 9.17) is 11.6 Å². The van der Waals surface area contributed by atoms with E-state index in [9.17, 15) is 0 Å². The molecule has 0 aliphatic rings. The molecule has 1 atom stereocenters. The Morgan fingerprint density at radius 3 is 2.73 bits per heavy atom. The van der Waals surface area contributed by atoms with Crippen LogP contribution >= 0.6 is 22.9 Å². The van der Waals surface area contributed by atoms with Gasteiger partial charge in [-0.1, -0.05) is 29.8 Å². The van der Waals surface area contributed by atoms with Crippen molar-refractivity contribution in [1.29, 1.82) is 0 Å². The minimum absolute atomic E-state index is 0.247. The van der Waals surface area contributed by atoms with Crippen LogP contribution in [0.5, 0.6) is 0 Å². The molecule has 2 heterocycles. The SMILES string of the molecule is C[C@H](NCc1csc(-c2ccccn2)n1)c1ccc(Cl)cc1. The normalized spacial score (nSPS) is 12.3.